The normalized spacial score (nSPS) is 17.1. The molecule has 1 atom stereocenters. The molecule has 0 bridgehead atoms. The molecule has 2 aliphatic rings. The first-order valence-corrected chi connectivity index (χ1v) is 14.6. The van der Waals surface area contributed by atoms with Gasteiger partial charge in [0, 0.05) is 42.9 Å². The fourth-order valence-electron chi connectivity index (χ4n) is 5.26. The minimum absolute atomic E-state index is 0.0779. The summed E-state index contributed by atoms with van der Waals surface area (Å²) in [5.74, 6) is 1.93. The molecule has 10 heteroatoms. The second-order valence-corrected chi connectivity index (χ2v) is 12.2. The number of hydrogen-bond acceptors (Lipinski definition) is 7. The van der Waals surface area contributed by atoms with Crippen molar-refractivity contribution < 1.29 is 14.3 Å². The number of anilines is 2. The molecule has 0 spiro atoms. The van der Waals surface area contributed by atoms with Gasteiger partial charge in [-0.1, -0.05) is 30.3 Å². The van der Waals surface area contributed by atoms with Gasteiger partial charge >= 0.3 is 6.09 Å². The topological polar surface area (TPSA) is 114 Å². The monoisotopic (exact) mass is 567 g/mol. The van der Waals surface area contributed by atoms with Crippen molar-refractivity contribution in [1.82, 2.24) is 24.9 Å². The summed E-state index contributed by atoms with van der Waals surface area (Å²) >= 11 is 0. The Morgan fingerprint density at radius 3 is 2.64 bits per heavy atom. The minimum Gasteiger partial charge on any atom is -0.443 e. The summed E-state index contributed by atoms with van der Waals surface area (Å²) in [6.45, 7) is 7.16. The highest BCUT2D eigenvalue weighted by molar-refractivity contribution is 5.88. The quantitative estimate of drug-likeness (QED) is 0.287. The van der Waals surface area contributed by atoms with E-state index in [1.165, 1.54) is 0 Å². The third-order valence-corrected chi connectivity index (χ3v) is 7.56. The van der Waals surface area contributed by atoms with Crippen LogP contribution in [0.15, 0.2) is 60.9 Å². The Hall–Kier alpha value is -4.47. The fraction of sp³-hybridized carbons (Fsp3) is 0.406. The van der Waals surface area contributed by atoms with E-state index in [1.807, 2.05) is 75.5 Å². The average molecular weight is 568 g/mol. The summed E-state index contributed by atoms with van der Waals surface area (Å²) in [6, 6.07) is 15.7. The minimum atomic E-state index is -0.684. The number of pyridine rings is 1. The van der Waals surface area contributed by atoms with Crippen LogP contribution in [0.25, 0.3) is 16.9 Å². The van der Waals surface area contributed by atoms with Crippen molar-refractivity contribution in [2.75, 3.05) is 23.3 Å². The molecule has 1 aromatic carbocycles. The predicted octanol–water partition coefficient (Wildman–Crippen LogP) is 5.55. The predicted molar refractivity (Wildman–Crippen MR) is 161 cm³/mol. The van der Waals surface area contributed by atoms with E-state index in [1.54, 1.807) is 15.6 Å². The Bertz CT molecular complexity index is 1570. The molecule has 4 aromatic rings. The van der Waals surface area contributed by atoms with Gasteiger partial charge in [-0.3, -0.25) is 14.7 Å². The molecule has 6 rings (SSSR count). The van der Waals surface area contributed by atoms with Crippen molar-refractivity contribution >= 4 is 29.3 Å². The lowest BCUT2D eigenvalue weighted by Gasteiger charge is -2.28. The largest absolute Gasteiger partial charge is 0.443 e. The SMILES string of the molecule is CC(C)(C)OC(=O)N(Cc1ccc(-c2ccccn2)cc1)c1cc(NCC2CCNC(=O)C2)nc2c(C3CC3)cnn12. The summed E-state index contributed by atoms with van der Waals surface area (Å²) in [4.78, 5) is 36.7. The molecule has 3 aromatic heterocycles. The number of carbonyl (C=O) groups is 2. The Morgan fingerprint density at radius 1 is 1.14 bits per heavy atom. The first kappa shape index (κ1) is 27.7. The summed E-state index contributed by atoms with van der Waals surface area (Å²) in [5.41, 5.74) is 3.95. The molecular formula is C32H37N7O3. The van der Waals surface area contributed by atoms with Crippen LogP contribution in [-0.2, 0) is 16.1 Å². The number of amides is 2. The summed E-state index contributed by atoms with van der Waals surface area (Å²) in [6.07, 6.45) is 6.77. The van der Waals surface area contributed by atoms with Crippen LogP contribution in [0, 0.1) is 5.92 Å². The Morgan fingerprint density at radius 2 is 1.95 bits per heavy atom. The van der Waals surface area contributed by atoms with Crippen LogP contribution in [0.3, 0.4) is 0 Å². The molecule has 2 fully saturated rings. The molecule has 1 unspecified atom stereocenters. The molecule has 42 heavy (non-hydrogen) atoms. The highest BCUT2D eigenvalue weighted by Gasteiger charge is 2.31. The molecule has 2 amide bonds. The number of hydrogen-bond donors (Lipinski definition) is 2. The van der Waals surface area contributed by atoms with Crippen molar-refractivity contribution in [2.45, 2.75) is 64.5 Å². The zero-order valence-electron chi connectivity index (χ0n) is 24.3. The maximum atomic E-state index is 13.8. The van der Waals surface area contributed by atoms with Crippen molar-refractivity contribution in [3.8, 4) is 11.3 Å². The highest BCUT2D eigenvalue weighted by Crippen LogP contribution is 2.42. The second-order valence-electron chi connectivity index (χ2n) is 12.2. The Kier molecular flexibility index (Phi) is 7.53. The average Bonchev–Trinajstić information content (AvgIpc) is 3.73. The number of carbonyl (C=O) groups excluding carboxylic acids is 2. The smallest absolute Gasteiger partial charge is 0.416 e. The van der Waals surface area contributed by atoms with Crippen LogP contribution < -0.4 is 15.5 Å². The van der Waals surface area contributed by atoms with Gasteiger partial charge in [0.1, 0.15) is 17.2 Å². The molecule has 10 nitrogen and oxygen atoms in total. The third kappa shape index (κ3) is 6.37. The third-order valence-electron chi connectivity index (χ3n) is 7.56. The number of piperidine rings is 1. The molecular weight excluding hydrogens is 530 g/mol. The van der Waals surface area contributed by atoms with E-state index < -0.39 is 11.7 Å². The number of nitrogens with zero attached hydrogens (tertiary/aromatic N) is 5. The van der Waals surface area contributed by atoms with E-state index in [9.17, 15) is 9.59 Å². The van der Waals surface area contributed by atoms with Gasteiger partial charge in [-0.15, -0.1) is 0 Å². The van der Waals surface area contributed by atoms with Gasteiger partial charge in [-0.25, -0.2) is 9.78 Å². The number of aromatic nitrogens is 4. The Balaban J connectivity index is 1.35. The van der Waals surface area contributed by atoms with E-state index in [0.29, 0.717) is 37.1 Å². The lowest BCUT2D eigenvalue weighted by molar-refractivity contribution is -0.123. The van der Waals surface area contributed by atoms with Crippen molar-refractivity contribution in [1.29, 1.82) is 0 Å². The molecule has 1 saturated carbocycles. The van der Waals surface area contributed by atoms with E-state index in [4.69, 9.17) is 14.8 Å². The van der Waals surface area contributed by atoms with Gasteiger partial charge in [0.25, 0.3) is 0 Å². The number of fused-ring (bicyclic) bond motifs is 1. The molecule has 0 radical (unpaired) electrons. The van der Waals surface area contributed by atoms with Gasteiger partial charge in [0.05, 0.1) is 18.4 Å². The zero-order chi connectivity index (χ0) is 29.3. The van der Waals surface area contributed by atoms with Crippen LogP contribution in [0.4, 0.5) is 16.4 Å². The van der Waals surface area contributed by atoms with Gasteiger partial charge in [0.2, 0.25) is 5.91 Å². The van der Waals surface area contributed by atoms with E-state index in [0.717, 1.165) is 47.3 Å². The van der Waals surface area contributed by atoms with Crippen LogP contribution in [-0.4, -0.2) is 50.3 Å². The first-order valence-electron chi connectivity index (χ1n) is 14.6. The van der Waals surface area contributed by atoms with Gasteiger partial charge in [0.15, 0.2) is 5.65 Å². The van der Waals surface area contributed by atoms with Crippen LogP contribution in [0.1, 0.15) is 63.5 Å². The second kappa shape index (κ2) is 11.4. The van der Waals surface area contributed by atoms with E-state index in [2.05, 4.69) is 15.6 Å². The molecule has 2 N–H and O–H groups in total. The van der Waals surface area contributed by atoms with E-state index >= 15 is 0 Å². The summed E-state index contributed by atoms with van der Waals surface area (Å²) < 4.78 is 7.64. The maximum absolute atomic E-state index is 13.8. The maximum Gasteiger partial charge on any atom is 0.416 e. The number of benzene rings is 1. The first-order chi connectivity index (χ1) is 20.2. The molecule has 4 heterocycles. The van der Waals surface area contributed by atoms with Crippen molar-refractivity contribution in [2.24, 2.45) is 5.92 Å². The van der Waals surface area contributed by atoms with Gasteiger partial charge in [-0.2, -0.15) is 9.61 Å². The van der Waals surface area contributed by atoms with Gasteiger partial charge < -0.3 is 15.4 Å². The van der Waals surface area contributed by atoms with Gasteiger partial charge in [-0.05, 0) is 69.6 Å². The van der Waals surface area contributed by atoms with Crippen molar-refractivity contribution in [3.05, 3.63) is 72.1 Å². The number of rotatable bonds is 8. The Labute approximate surface area is 245 Å². The number of nitrogens with one attached hydrogen (secondary N) is 2. The highest BCUT2D eigenvalue weighted by atomic mass is 16.6. The molecule has 218 valence electrons. The summed E-state index contributed by atoms with van der Waals surface area (Å²) in [5, 5.41) is 11.0. The standard InChI is InChI=1S/C32H37N7O3/c1-32(2,3)42-31(41)38(20-21-7-9-24(10-8-21)26-6-4-5-14-33-26)29-17-27(35-18-22-13-15-34-28(40)16-22)37-30-25(23-11-12-23)19-36-39(29)30/h4-10,14,17,19,22-23H,11-13,15-16,18,20H2,1-3H3,(H,34,40)(H,35,37). The molecule has 1 aliphatic heterocycles. The van der Waals surface area contributed by atoms with E-state index in [-0.39, 0.29) is 18.4 Å². The number of ether oxygens (including phenoxy) is 1. The molecule has 1 saturated heterocycles. The lowest BCUT2D eigenvalue weighted by Crippen LogP contribution is -2.38. The van der Waals surface area contributed by atoms with Crippen molar-refractivity contribution in [3.63, 3.8) is 0 Å². The van der Waals surface area contributed by atoms with Crippen LogP contribution >= 0.6 is 0 Å². The van der Waals surface area contributed by atoms with Crippen LogP contribution in [0.2, 0.25) is 0 Å². The fourth-order valence-corrected chi connectivity index (χ4v) is 5.26. The lowest BCUT2D eigenvalue weighted by atomic mass is 9.98. The summed E-state index contributed by atoms with van der Waals surface area (Å²) in [7, 11) is 0. The zero-order valence-corrected chi connectivity index (χ0v) is 24.3. The molecule has 1 aliphatic carbocycles. The van der Waals surface area contributed by atoms with Crippen LogP contribution in [0.5, 0.6) is 0 Å².